The van der Waals surface area contributed by atoms with Crippen LogP contribution in [0.25, 0.3) is 10.9 Å². The minimum absolute atomic E-state index is 0.0326. The number of carbonyl (C=O) groups is 1. The second kappa shape index (κ2) is 8.47. The van der Waals surface area contributed by atoms with Gasteiger partial charge in [-0.2, -0.15) is 0 Å². The molecule has 0 unspecified atom stereocenters. The molecular weight excluding hydrogens is 306 g/mol. The molecule has 0 saturated heterocycles. The van der Waals surface area contributed by atoms with E-state index in [1.54, 1.807) is 17.7 Å². The van der Waals surface area contributed by atoms with Crippen LogP contribution >= 0.6 is 0 Å². The number of aromatic hydroxyl groups is 1. The SMILES string of the molecule is CCCCCC(=O)N=Nc1c(O)n(CCC)c2ccc(OC)cc12. The lowest BCUT2D eigenvalue weighted by Gasteiger charge is -2.04. The summed E-state index contributed by atoms with van der Waals surface area (Å²) < 4.78 is 7.03. The summed E-state index contributed by atoms with van der Waals surface area (Å²) in [7, 11) is 1.59. The molecule has 6 nitrogen and oxygen atoms in total. The number of aryl methyl sites for hydroxylation is 1. The molecule has 0 radical (unpaired) electrons. The smallest absolute Gasteiger partial charge is 0.264 e. The molecule has 0 aliphatic heterocycles. The number of hydrogen-bond donors (Lipinski definition) is 1. The van der Waals surface area contributed by atoms with Crippen molar-refractivity contribution in [3.63, 3.8) is 0 Å². The van der Waals surface area contributed by atoms with Crippen LogP contribution < -0.4 is 4.74 Å². The van der Waals surface area contributed by atoms with Gasteiger partial charge < -0.3 is 14.4 Å². The van der Waals surface area contributed by atoms with Crippen molar-refractivity contribution in [2.45, 2.75) is 52.5 Å². The van der Waals surface area contributed by atoms with Gasteiger partial charge in [0.05, 0.1) is 12.6 Å². The maximum absolute atomic E-state index is 11.8. The van der Waals surface area contributed by atoms with Gasteiger partial charge in [0.1, 0.15) is 5.75 Å². The molecule has 0 aliphatic rings. The zero-order valence-electron chi connectivity index (χ0n) is 14.6. The van der Waals surface area contributed by atoms with Gasteiger partial charge in [-0.25, -0.2) is 0 Å². The van der Waals surface area contributed by atoms with Crippen molar-refractivity contribution in [1.82, 2.24) is 4.57 Å². The predicted octanol–water partition coefficient (Wildman–Crippen LogP) is 4.96. The molecule has 2 aromatic rings. The number of aromatic nitrogens is 1. The van der Waals surface area contributed by atoms with Gasteiger partial charge in [0.15, 0.2) is 5.69 Å². The van der Waals surface area contributed by atoms with Crippen LogP contribution in [0.2, 0.25) is 0 Å². The van der Waals surface area contributed by atoms with Crippen molar-refractivity contribution in [2.24, 2.45) is 10.2 Å². The van der Waals surface area contributed by atoms with Crippen molar-refractivity contribution in [1.29, 1.82) is 0 Å². The number of unbranched alkanes of at least 4 members (excludes halogenated alkanes) is 2. The maximum Gasteiger partial charge on any atom is 0.264 e. The highest BCUT2D eigenvalue weighted by atomic mass is 16.5. The molecule has 6 heteroatoms. The van der Waals surface area contributed by atoms with Crippen molar-refractivity contribution >= 4 is 22.5 Å². The quantitative estimate of drug-likeness (QED) is 0.549. The van der Waals surface area contributed by atoms with Gasteiger partial charge in [0.25, 0.3) is 5.91 Å². The van der Waals surface area contributed by atoms with Crippen LogP contribution in [0.4, 0.5) is 5.69 Å². The first-order chi connectivity index (χ1) is 11.6. The minimum Gasteiger partial charge on any atom is -0.497 e. The summed E-state index contributed by atoms with van der Waals surface area (Å²) in [6.45, 7) is 4.78. The summed E-state index contributed by atoms with van der Waals surface area (Å²) in [6.07, 6.45) is 4.12. The van der Waals surface area contributed by atoms with Crippen LogP contribution in [0.15, 0.2) is 28.4 Å². The van der Waals surface area contributed by atoms with Crippen molar-refractivity contribution in [2.75, 3.05) is 7.11 Å². The van der Waals surface area contributed by atoms with Crippen molar-refractivity contribution in [3.05, 3.63) is 18.2 Å². The number of hydrogen-bond acceptors (Lipinski definition) is 4. The fraction of sp³-hybridized carbons (Fsp3) is 0.500. The standard InChI is InChI=1S/C18H25N3O3/c1-4-6-7-8-16(22)19-20-17-14-12-13(24-3)9-10-15(14)21(11-5-2)18(17)23/h9-10,12,23H,4-8,11H2,1-3H3. The lowest BCUT2D eigenvalue weighted by Crippen LogP contribution is -1.95. The average Bonchev–Trinajstić information content (AvgIpc) is 2.85. The highest BCUT2D eigenvalue weighted by Crippen LogP contribution is 2.40. The summed E-state index contributed by atoms with van der Waals surface area (Å²) in [6, 6.07) is 5.52. The maximum atomic E-state index is 11.8. The Bertz CT molecular complexity index is 735. The van der Waals surface area contributed by atoms with Crippen LogP contribution in [-0.2, 0) is 11.3 Å². The van der Waals surface area contributed by atoms with E-state index >= 15 is 0 Å². The van der Waals surface area contributed by atoms with Crippen molar-refractivity contribution < 1.29 is 14.6 Å². The van der Waals surface area contributed by atoms with E-state index in [2.05, 4.69) is 17.2 Å². The second-order valence-corrected chi connectivity index (χ2v) is 5.76. The Morgan fingerprint density at radius 1 is 1.25 bits per heavy atom. The molecule has 0 fully saturated rings. The van der Waals surface area contributed by atoms with Gasteiger partial charge >= 0.3 is 0 Å². The third-order valence-corrected chi connectivity index (χ3v) is 3.92. The van der Waals surface area contributed by atoms with Crippen LogP contribution in [-0.4, -0.2) is 22.7 Å². The van der Waals surface area contributed by atoms with Gasteiger partial charge in [0, 0.05) is 18.4 Å². The Morgan fingerprint density at radius 2 is 2.04 bits per heavy atom. The normalized spacial score (nSPS) is 11.5. The lowest BCUT2D eigenvalue weighted by molar-refractivity contribution is -0.118. The van der Waals surface area contributed by atoms with E-state index in [4.69, 9.17) is 4.74 Å². The summed E-state index contributed by atoms with van der Waals surface area (Å²) in [5.41, 5.74) is 1.17. The molecule has 24 heavy (non-hydrogen) atoms. The van der Waals surface area contributed by atoms with Gasteiger partial charge in [-0.3, -0.25) is 4.79 Å². The zero-order valence-corrected chi connectivity index (χ0v) is 14.6. The molecule has 2 rings (SSSR count). The van der Waals surface area contributed by atoms with E-state index in [0.717, 1.165) is 36.6 Å². The number of carbonyl (C=O) groups excluding carboxylic acids is 1. The average molecular weight is 331 g/mol. The molecule has 130 valence electrons. The van der Waals surface area contributed by atoms with Crippen LogP contribution in [0.3, 0.4) is 0 Å². The molecule has 0 saturated carbocycles. The number of nitrogens with zero attached hydrogens (tertiary/aromatic N) is 3. The second-order valence-electron chi connectivity index (χ2n) is 5.76. The number of benzene rings is 1. The first-order valence-electron chi connectivity index (χ1n) is 8.46. The van der Waals surface area contributed by atoms with Crippen LogP contribution in [0.1, 0.15) is 46.0 Å². The molecule has 0 atom stereocenters. The molecule has 1 N–H and O–H groups in total. The number of ether oxygens (including phenoxy) is 1. The summed E-state index contributed by atoms with van der Waals surface area (Å²) in [4.78, 5) is 11.8. The number of amides is 1. The first kappa shape index (κ1) is 18.0. The molecular formula is C18H25N3O3. The highest BCUT2D eigenvalue weighted by Gasteiger charge is 2.17. The third-order valence-electron chi connectivity index (χ3n) is 3.92. The molecule has 1 heterocycles. The topological polar surface area (TPSA) is 76.2 Å². The Balaban J connectivity index is 2.37. The fourth-order valence-corrected chi connectivity index (χ4v) is 2.66. The summed E-state index contributed by atoms with van der Waals surface area (Å²) in [5.74, 6) is 0.439. The predicted molar refractivity (Wildman–Crippen MR) is 94.1 cm³/mol. The van der Waals surface area contributed by atoms with Crippen LogP contribution in [0, 0.1) is 0 Å². The minimum atomic E-state index is -0.262. The number of azo groups is 1. The largest absolute Gasteiger partial charge is 0.497 e. The Kier molecular flexibility index (Phi) is 6.35. The molecule has 0 bridgehead atoms. The first-order valence-corrected chi connectivity index (χ1v) is 8.46. The Hall–Kier alpha value is -2.37. The van der Waals surface area contributed by atoms with E-state index in [-0.39, 0.29) is 11.8 Å². The number of rotatable bonds is 8. The molecule has 0 aliphatic carbocycles. The van der Waals surface area contributed by atoms with Gasteiger partial charge in [-0.15, -0.1) is 10.2 Å². The third kappa shape index (κ3) is 3.93. The summed E-state index contributed by atoms with van der Waals surface area (Å²) in [5, 5.41) is 19.0. The van der Waals surface area contributed by atoms with Gasteiger partial charge in [-0.05, 0) is 31.0 Å². The van der Waals surface area contributed by atoms with Gasteiger partial charge in [-0.1, -0.05) is 26.7 Å². The monoisotopic (exact) mass is 331 g/mol. The fourth-order valence-electron chi connectivity index (χ4n) is 2.66. The molecule has 1 aromatic carbocycles. The van der Waals surface area contributed by atoms with E-state index in [1.807, 2.05) is 19.1 Å². The van der Waals surface area contributed by atoms with E-state index in [1.165, 1.54) is 0 Å². The number of fused-ring (bicyclic) bond motifs is 1. The molecule has 1 aromatic heterocycles. The van der Waals surface area contributed by atoms with E-state index < -0.39 is 0 Å². The summed E-state index contributed by atoms with van der Waals surface area (Å²) >= 11 is 0. The zero-order chi connectivity index (χ0) is 17.5. The molecule has 1 amide bonds. The van der Waals surface area contributed by atoms with Gasteiger partial charge in [0.2, 0.25) is 5.88 Å². The lowest BCUT2D eigenvalue weighted by atomic mass is 10.2. The molecule has 0 spiro atoms. The van der Waals surface area contributed by atoms with Crippen LogP contribution in [0.5, 0.6) is 11.6 Å². The van der Waals surface area contributed by atoms with Crippen molar-refractivity contribution in [3.8, 4) is 11.6 Å². The van der Waals surface area contributed by atoms with E-state index in [9.17, 15) is 9.90 Å². The van der Waals surface area contributed by atoms with E-state index in [0.29, 0.717) is 24.4 Å². The number of methoxy groups -OCH3 is 1. The Labute approximate surface area is 142 Å². The Morgan fingerprint density at radius 3 is 2.71 bits per heavy atom. The highest BCUT2D eigenvalue weighted by molar-refractivity contribution is 5.96.